The molecule has 0 atom stereocenters. The number of nitrogen functional groups attached to an aromatic ring is 1. The van der Waals surface area contributed by atoms with Gasteiger partial charge in [0.1, 0.15) is 11.5 Å². The van der Waals surface area contributed by atoms with Gasteiger partial charge < -0.3 is 19.9 Å². The molecule has 4 aromatic carbocycles. The maximum atomic E-state index is 12.2. The monoisotopic (exact) mass is 967 g/mol. The van der Waals surface area contributed by atoms with E-state index in [1.165, 1.54) is 12.8 Å². The minimum Gasteiger partial charge on any atom is -0.454 e. The van der Waals surface area contributed by atoms with Crippen LogP contribution in [0.1, 0.15) is 50.8 Å². The molecule has 1 aliphatic rings. The fourth-order valence-electron chi connectivity index (χ4n) is 5.82. The summed E-state index contributed by atoms with van der Waals surface area (Å²) in [6, 6.07) is 21.4. The molecule has 0 unspecified atom stereocenters. The Labute approximate surface area is 387 Å². The zero-order valence-electron chi connectivity index (χ0n) is 33.5. The number of carbonyl (C=O) groups is 2. The Morgan fingerprint density at radius 2 is 1.12 bits per heavy atom. The summed E-state index contributed by atoms with van der Waals surface area (Å²) in [5.41, 5.74) is 10.7. The number of fused-ring (bicyclic) bond motifs is 2. The topological polar surface area (TPSA) is 231 Å². The van der Waals surface area contributed by atoms with Crippen molar-refractivity contribution in [3.63, 3.8) is 0 Å². The van der Waals surface area contributed by atoms with Crippen LogP contribution >= 0.6 is 58.0 Å². The van der Waals surface area contributed by atoms with Gasteiger partial charge in [0.15, 0.2) is 11.5 Å². The third-order valence-electron chi connectivity index (χ3n) is 8.90. The number of H-pyrrole nitrogens is 2. The third-order valence-corrected chi connectivity index (χ3v) is 10.2. The predicted molar refractivity (Wildman–Crippen MR) is 243 cm³/mol. The van der Waals surface area contributed by atoms with E-state index in [1.54, 1.807) is 42.7 Å². The van der Waals surface area contributed by atoms with E-state index in [4.69, 9.17) is 77.9 Å². The average molecular weight is 970 g/mol. The van der Waals surface area contributed by atoms with Gasteiger partial charge in [-0.25, -0.2) is 9.59 Å². The number of hydrogen-bond donors (Lipinski definition) is 3. The van der Waals surface area contributed by atoms with Crippen molar-refractivity contribution in [2.75, 3.05) is 18.9 Å². The van der Waals surface area contributed by atoms with Crippen molar-refractivity contribution < 1.29 is 32.8 Å². The number of rotatable bonds is 8. The Balaban J connectivity index is 0.000000167. The maximum absolute atomic E-state index is 12.2. The highest BCUT2D eigenvalue weighted by atomic mass is 35.5. The SMILES string of the molecule is C1CCOC1.Cc1ccnc2ccc(Oc3c(Cl)cc(CC(=O)c4noc(=O)[nH]4)cc3Cl)cc12.Cc1ccnc2ccc(Oc3c(Cl)cc(N)cc3Cl)cc12.O=C(Cl)c1noc(=O)[nH]1. The van der Waals surface area contributed by atoms with Crippen LogP contribution in [0.5, 0.6) is 23.0 Å². The van der Waals surface area contributed by atoms with Crippen LogP contribution < -0.4 is 26.7 Å². The minimum atomic E-state index is -0.846. The van der Waals surface area contributed by atoms with E-state index in [2.05, 4.69) is 34.3 Å². The number of halogens is 5. The molecule has 21 heteroatoms. The molecular formula is C43H34Cl5N7O9. The number of aryl methyl sites for hydroxylation is 2. The van der Waals surface area contributed by atoms with Crippen molar-refractivity contribution in [3.8, 4) is 23.0 Å². The lowest BCUT2D eigenvalue weighted by Gasteiger charge is -2.12. The van der Waals surface area contributed by atoms with Crippen LogP contribution in [-0.4, -0.2) is 54.5 Å². The Bertz CT molecular complexity index is 3020. The van der Waals surface area contributed by atoms with Gasteiger partial charge in [-0.2, -0.15) is 0 Å². The normalized spacial score (nSPS) is 11.7. The molecule has 5 heterocycles. The van der Waals surface area contributed by atoms with Crippen molar-refractivity contribution in [2.24, 2.45) is 0 Å². The summed E-state index contributed by atoms with van der Waals surface area (Å²) in [4.78, 5) is 56.2. The Kier molecular flexibility index (Phi) is 16.1. The smallest absolute Gasteiger partial charge is 0.439 e. The van der Waals surface area contributed by atoms with Gasteiger partial charge >= 0.3 is 11.5 Å². The standard InChI is InChI=1S/C20H13Cl2N3O4.C16H12Cl2N2O.C4H8O.C3HClN2O3/c1-10-4-5-23-16-3-2-12(9-13(10)16)28-18-14(21)6-11(7-15(18)22)8-17(26)19-24-20(27)29-25-19;1-9-4-5-20-15-3-2-11(8-12(9)15)21-16-13(17)6-10(19)7-14(16)18;1-2-4-5-3-1;4-1(7)2-5-3(8)9-6-2/h2-7,9H,8H2,1H3,(H,24,25,27);2-8H,19H2,1H3;1-4H2;(H,5,6,8). The highest BCUT2D eigenvalue weighted by Crippen LogP contribution is 2.40. The maximum Gasteiger partial charge on any atom is 0.439 e. The number of benzene rings is 4. The second kappa shape index (κ2) is 21.9. The summed E-state index contributed by atoms with van der Waals surface area (Å²) >= 11 is 29.8. The largest absolute Gasteiger partial charge is 0.454 e. The Morgan fingerprint density at radius 3 is 1.52 bits per heavy atom. The molecule has 0 spiro atoms. The molecule has 0 bridgehead atoms. The Hall–Kier alpha value is -6.27. The lowest BCUT2D eigenvalue weighted by atomic mass is 10.1. The van der Waals surface area contributed by atoms with Crippen LogP contribution in [-0.2, 0) is 11.2 Å². The van der Waals surface area contributed by atoms with Crippen molar-refractivity contribution in [1.29, 1.82) is 0 Å². The summed E-state index contributed by atoms with van der Waals surface area (Å²) < 4.78 is 25.0. The molecule has 9 rings (SSSR count). The highest BCUT2D eigenvalue weighted by Gasteiger charge is 2.17. The lowest BCUT2D eigenvalue weighted by Crippen LogP contribution is -2.08. The minimum absolute atomic E-state index is 0.0664. The van der Waals surface area contributed by atoms with E-state index in [9.17, 15) is 19.2 Å². The highest BCUT2D eigenvalue weighted by molar-refractivity contribution is 6.67. The summed E-state index contributed by atoms with van der Waals surface area (Å²) in [7, 11) is 0. The van der Waals surface area contributed by atoms with Gasteiger partial charge in [-0.05, 0) is 128 Å². The van der Waals surface area contributed by atoms with Crippen molar-refractivity contribution in [2.45, 2.75) is 33.1 Å². The molecule has 1 fully saturated rings. The zero-order chi connectivity index (χ0) is 45.9. The molecule has 0 aliphatic carbocycles. The number of carbonyl (C=O) groups excluding carboxylic acids is 2. The van der Waals surface area contributed by atoms with Crippen LogP contribution in [0.25, 0.3) is 21.8 Å². The van der Waals surface area contributed by atoms with Crippen molar-refractivity contribution >= 4 is 96.5 Å². The first kappa shape index (κ1) is 47.2. The summed E-state index contributed by atoms with van der Waals surface area (Å²) in [6.45, 7) is 6.01. The van der Waals surface area contributed by atoms with Gasteiger partial charge in [0.05, 0.1) is 31.1 Å². The number of ketones is 1. The van der Waals surface area contributed by atoms with Gasteiger partial charge in [0, 0.05) is 48.5 Å². The van der Waals surface area contributed by atoms with Crippen LogP contribution in [0.2, 0.25) is 20.1 Å². The summed E-state index contributed by atoms with van der Waals surface area (Å²) in [6.07, 6.45) is 6.02. The second-order valence-corrected chi connectivity index (χ2v) is 15.6. The third kappa shape index (κ3) is 12.7. The molecule has 4 N–H and O–H groups in total. The quantitative estimate of drug-likeness (QED) is 0.0731. The van der Waals surface area contributed by atoms with E-state index in [0.29, 0.717) is 38.5 Å². The summed E-state index contributed by atoms with van der Waals surface area (Å²) in [5.74, 6) is -0.589. The molecule has 1 saturated heterocycles. The first-order valence-electron chi connectivity index (χ1n) is 18.9. The number of nitrogens with zero attached hydrogens (tertiary/aromatic N) is 4. The van der Waals surface area contributed by atoms with Gasteiger partial charge in [0.25, 0.3) is 5.24 Å². The number of anilines is 1. The molecule has 8 aromatic rings. The molecule has 4 aromatic heterocycles. The molecule has 0 saturated carbocycles. The van der Waals surface area contributed by atoms with Crippen LogP contribution in [0, 0.1) is 13.8 Å². The fourth-order valence-corrected chi connectivity index (χ4v) is 7.09. The first-order valence-corrected chi connectivity index (χ1v) is 20.8. The van der Waals surface area contributed by atoms with Gasteiger partial charge in [-0.1, -0.05) is 56.7 Å². The Morgan fingerprint density at radius 1 is 0.672 bits per heavy atom. The fraction of sp³-hybridized carbons (Fsp3) is 0.163. The molecular weight excluding hydrogens is 936 g/mol. The number of aromatic nitrogens is 6. The van der Waals surface area contributed by atoms with Gasteiger partial charge in [-0.3, -0.25) is 38.6 Å². The predicted octanol–water partition coefficient (Wildman–Crippen LogP) is 10.5. The molecule has 330 valence electrons. The number of nitrogens with one attached hydrogen (secondary N) is 2. The van der Waals surface area contributed by atoms with E-state index in [0.717, 1.165) is 46.1 Å². The number of Topliss-reactive ketones (excluding diaryl/α,β-unsaturated/α-hetero) is 1. The zero-order valence-corrected chi connectivity index (χ0v) is 37.3. The number of nitrogens with two attached hydrogens (primary N) is 1. The number of pyridine rings is 2. The number of ether oxygens (including phenoxy) is 3. The molecule has 16 nitrogen and oxygen atoms in total. The average Bonchev–Trinajstić information content (AvgIpc) is 4.07. The molecule has 0 amide bonds. The van der Waals surface area contributed by atoms with Crippen LogP contribution in [0.4, 0.5) is 5.69 Å². The van der Waals surface area contributed by atoms with Crippen LogP contribution in [0.15, 0.2) is 104 Å². The molecule has 1 aliphatic heterocycles. The van der Waals surface area contributed by atoms with Crippen molar-refractivity contribution in [1.82, 2.24) is 30.2 Å². The van der Waals surface area contributed by atoms with E-state index < -0.39 is 22.5 Å². The van der Waals surface area contributed by atoms with E-state index in [-0.39, 0.29) is 33.9 Å². The van der Waals surface area contributed by atoms with E-state index in [1.807, 2.05) is 61.3 Å². The number of hydrogen-bond acceptors (Lipinski definition) is 14. The van der Waals surface area contributed by atoms with Crippen molar-refractivity contribution in [3.05, 3.63) is 155 Å². The van der Waals surface area contributed by atoms with Crippen LogP contribution in [0.3, 0.4) is 0 Å². The summed E-state index contributed by atoms with van der Waals surface area (Å²) in [5, 5.41) is 8.75. The van der Waals surface area contributed by atoms with E-state index >= 15 is 0 Å². The second-order valence-electron chi connectivity index (χ2n) is 13.6. The number of aromatic amines is 2. The molecule has 64 heavy (non-hydrogen) atoms. The first-order chi connectivity index (χ1) is 30.6. The molecule has 0 radical (unpaired) electrons. The van der Waals surface area contributed by atoms with Gasteiger partial charge in [-0.15, -0.1) is 0 Å². The lowest BCUT2D eigenvalue weighted by molar-refractivity contribution is 0.0979. The van der Waals surface area contributed by atoms with Gasteiger partial charge in [0.2, 0.25) is 17.4 Å².